The molecule has 1 fully saturated rings. The summed E-state index contributed by atoms with van der Waals surface area (Å²) in [4.78, 5) is 16.5. The lowest BCUT2D eigenvalue weighted by molar-refractivity contribution is -0.123. The molecule has 1 amide bonds. The summed E-state index contributed by atoms with van der Waals surface area (Å²) in [5.41, 5.74) is 4.16. The van der Waals surface area contributed by atoms with E-state index in [0.29, 0.717) is 28.5 Å². The Morgan fingerprint density at radius 2 is 1.84 bits per heavy atom. The average Bonchev–Trinajstić information content (AvgIpc) is 2.81. The van der Waals surface area contributed by atoms with E-state index in [0.717, 1.165) is 32.7 Å². The molecule has 0 radical (unpaired) electrons. The van der Waals surface area contributed by atoms with Crippen molar-refractivity contribution in [3.05, 3.63) is 53.8 Å². The molecule has 1 N–H and O–H groups in total. The first-order valence-corrected chi connectivity index (χ1v) is 10.4. The number of methoxy groups -OCH3 is 1. The van der Waals surface area contributed by atoms with Crippen molar-refractivity contribution in [2.75, 3.05) is 51.3 Å². The van der Waals surface area contributed by atoms with Crippen LogP contribution in [0.25, 0.3) is 0 Å². The van der Waals surface area contributed by atoms with E-state index in [1.54, 1.807) is 31.2 Å². The van der Waals surface area contributed by atoms with Gasteiger partial charge in [-0.2, -0.15) is 5.10 Å². The van der Waals surface area contributed by atoms with Crippen molar-refractivity contribution in [2.24, 2.45) is 5.10 Å². The number of anilines is 1. The fourth-order valence-corrected chi connectivity index (χ4v) is 3.42. The van der Waals surface area contributed by atoms with Gasteiger partial charge in [-0.15, -0.1) is 0 Å². The second-order valence-corrected chi connectivity index (χ2v) is 7.26. The van der Waals surface area contributed by atoms with Crippen molar-refractivity contribution < 1.29 is 18.7 Å². The maximum absolute atomic E-state index is 14.7. The molecule has 0 saturated carbocycles. The smallest absolute Gasteiger partial charge is 0.277 e. The zero-order valence-corrected chi connectivity index (χ0v) is 18.2. The van der Waals surface area contributed by atoms with Gasteiger partial charge >= 0.3 is 0 Å². The Hall–Kier alpha value is -3.13. The highest BCUT2D eigenvalue weighted by Gasteiger charge is 2.19. The third-order valence-corrected chi connectivity index (χ3v) is 5.30. The van der Waals surface area contributed by atoms with Crippen LogP contribution in [-0.2, 0) is 4.79 Å². The first-order chi connectivity index (χ1) is 15.0. The summed E-state index contributed by atoms with van der Waals surface area (Å²) in [6.07, 6.45) is 0. The standard InChI is InChI=1S/C23H29FN4O3/c1-4-27-11-13-28(14-12-27)20-10-9-18(15-19(20)24)17(2)25-26-23(29)16-31-22-8-6-5-7-21(22)30-3/h5-10,15H,4,11-14,16H2,1-3H3,(H,26,29)/b25-17-. The zero-order chi connectivity index (χ0) is 22.2. The molecule has 0 aliphatic carbocycles. The number of benzene rings is 2. The summed E-state index contributed by atoms with van der Waals surface area (Å²) in [5, 5.41) is 4.07. The van der Waals surface area contributed by atoms with Crippen molar-refractivity contribution in [1.29, 1.82) is 0 Å². The molecule has 3 rings (SSSR count). The Labute approximate surface area is 182 Å². The van der Waals surface area contributed by atoms with Crippen LogP contribution in [0.15, 0.2) is 47.6 Å². The Balaban J connectivity index is 1.56. The topological polar surface area (TPSA) is 66.4 Å². The maximum Gasteiger partial charge on any atom is 0.277 e. The van der Waals surface area contributed by atoms with E-state index >= 15 is 0 Å². The number of likely N-dealkylation sites (N-methyl/N-ethyl adjacent to an activating group) is 1. The Kier molecular flexibility index (Phi) is 7.83. The van der Waals surface area contributed by atoms with Gasteiger partial charge in [0, 0.05) is 31.7 Å². The number of rotatable bonds is 8. The third kappa shape index (κ3) is 5.95. The van der Waals surface area contributed by atoms with Gasteiger partial charge in [-0.3, -0.25) is 4.79 Å². The highest BCUT2D eigenvalue weighted by Crippen LogP contribution is 2.25. The SMILES string of the molecule is CCN1CCN(c2ccc(/C(C)=N\NC(=O)COc3ccccc3OC)cc2F)CC1. The molecule has 1 saturated heterocycles. The van der Waals surface area contributed by atoms with Crippen LogP contribution in [0.3, 0.4) is 0 Å². The normalized spacial score (nSPS) is 15.0. The van der Waals surface area contributed by atoms with Crippen molar-refractivity contribution in [2.45, 2.75) is 13.8 Å². The summed E-state index contributed by atoms with van der Waals surface area (Å²) in [7, 11) is 1.53. The fraction of sp³-hybridized carbons (Fsp3) is 0.391. The first-order valence-electron chi connectivity index (χ1n) is 10.4. The van der Waals surface area contributed by atoms with Gasteiger partial charge < -0.3 is 19.3 Å². The van der Waals surface area contributed by atoms with Crippen LogP contribution in [-0.4, -0.2) is 63.0 Å². The van der Waals surface area contributed by atoms with Gasteiger partial charge in [0.2, 0.25) is 0 Å². The molecule has 0 atom stereocenters. The van der Waals surface area contributed by atoms with E-state index < -0.39 is 5.91 Å². The number of carbonyl (C=O) groups is 1. The number of hydrogen-bond donors (Lipinski definition) is 1. The summed E-state index contributed by atoms with van der Waals surface area (Å²) in [5.74, 6) is 0.305. The molecule has 166 valence electrons. The lowest BCUT2D eigenvalue weighted by atomic mass is 10.1. The summed E-state index contributed by atoms with van der Waals surface area (Å²) in [6, 6.07) is 12.1. The molecule has 0 spiro atoms. The van der Waals surface area contributed by atoms with Gasteiger partial charge in [-0.1, -0.05) is 25.1 Å². The largest absolute Gasteiger partial charge is 0.493 e. The first kappa shape index (κ1) is 22.6. The number of carbonyl (C=O) groups excluding carboxylic acids is 1. The van der Waals surface area contributed by atoms with E-state index in [1.165, 1.54) is 13.2 Å². The van der Waals surface area contributed by atoms with E-state index in [-0.39, 0.29) is 12.4 Å². The summed E-state index contributed by atoms with van der Waals surface area (Å²) in [6.45, 7) is 8.13. The van der Waals surface area contributed by atoms with E-state index in [1.807, 2.05) is 12.1 Å². The van der Waals surface area contributed by atoms with Gasteiger partial charge in [0.15, 0.2) is 18.1 Å². The van der Waals surface area contributed by atoms with Crippen molar-refractivity contribution >= 4 is 17.3 Å². The molecule has 2 aromatic rings. The molecule has 1 aliphatic rings. The van der Waals surface area contributed by atoms with Crippen LogP contribution >= 0.6 is 0 Å². The predicted molar refractivity (Wildman–Crippen MR) is 120 cm³/mol. The molecule has 7 nitrogen and oxygen atoms in total. The molecule has 8 heteroatoms. The average molecular weight is 429 g/mol. The van der Waals surface area contributed by atoms with Gasteiger partial charge in [0.25, 0.3) is 5.91 Å². The summed E-state index contributed by atoms with van der Waals surface area (Å²) >= 11 is 0. The van der Waals surface area contributed by atoms with E-state index in [2.05, 4.69) is 27.3 Å². The van der Waals surface area contributed by atoms with Crippen molar-refractivity contribution in [3.8, 4) is 11.5 Å². The maximum atomic E-state index is 14.7. The molecule has 1 aliphatic heterocycles. The number of hydrazone groups is 1. The minimum absolute atomic E-state index is 0.214. The minimum atomic E-state index is -0.420. The van der Waals surface area contributed by atoms with Gasteiger partial charge in [0.05, 0.1) is 18.5 Å². The second-order valence-electron chi connectivity index (χ2n) is 7.26. The monoisotopic (exact) mass is 428 g/mol. The lowest BCUT2D eigenvalue weighted by Gasteiger charge is -2.35. The van der Waals surface area contributed by atoms with Crippen LogP contribution in [0.1, 0.15) is 19.4 Å². The number of halogens is 1. The molecular formula is C23H29FN4O3. The Morgan fingerprint density at radius 1 is 1.13 bits per heavy atom. The molecule has 0 unspecified atom stereocenters. The molecule has 2 aromatic carbocycles. The second kappa shape index (κ2) is 10.8. The highest BCUT2D eigenvalue weighted by atomic mass is 19.1. The van der Waals surface area contributed by atoms with Crippen molar-refractivity contribution in [1.82, 2.24) is 10.3 Å². The number of ether oxygens (including phenoxy) is 2. The highest BCUT2D eigenvalue weighted by molar-refractivity contribution is 5.99. The molecule has 1 heterocycles. The predicted octanol–water partition coefficient (Wildman–Crippen LogP) is 2.90. The number of hydrogen-bond acceptors (Lipinski definition) is 6. The van der Waals surface area contributed by atoms with Crippen LogP contribution in [0.2, 0.25) is 0 Å². The number of amides is 1. The lowest BCUT2D eigenvalue weighted by Crippen LogP contribution is -2.46. The van der Waals surface area contributed by atoms with Crippen LogP contribution in [0.4, 0.5) is 10.1 Å². The van der Waals surface area contributed by atoms with Gasteiger partial charge in [0.1, 0.15) is 5.82 Å². The molecule has 31 heavy (non-hydrogen) atoms. The van der Waals surface area contributed by atoms with Crippen LogP contribution in [0, 0.1) is 5.82 Å². The van der Waals surface area contributed by atoms with Gasteiger partial charge in [-0.05, 0) is 37.7 Å². The number of nitrogens with zero attached hydrogens (tertiary/aromatic N) is 3. The molecule has 0 aromatic heterocycles. The number of piperazine rings is 1. The summed E-state index contributed by atoms with van der Waals surface area (Å²) < 4.78 is 25.4. The number of para-hydroxylation sites is 2. The van der Waals surface area contributed by atoms with Crippen LogP contribution in [0.5, 0.6) is 11.5 Å². The minimum Gasteiger partial charge on any atom is -0.493 e. The number of nitrogens with one attached hydrogen (secondary N) is 1. The molecular weight excluding hydrogens is 399 g/mol. The Morgan fingerprint density at radius 3 is 2.48 bits per heavy atom. The third-order valence-electron chi connectivity index (χ3n) is 5.30. The Bertz CT molecular complexity index is 927. The molecule has 0 bridgehead atoms. The fourth-order valence-electron chi connectivity index (χ4n) is 3.42. The van der Waals surface area contributed by atoms with Crippen molar-refractivity contribution in [3.63, 3.8) is 0 Å². The van der Waals surface area contributed by atoms with Gasteiger partial charge in [-0.25, -0.2) is 9.82 Å². The van der Waals surface area contributed by atoms with Crippen LogP contribution < -0.4 is 19.8 Å². The van der Waals surface area contributed by atoms with E-state index in [9.17, 15) is 9.18 Å². The zero-order valence-electron chi connectivity index (χ0n) is 18.2. The van der Waals surface area contributed by atoms with E-state index in [4.69, 9.17) is 9.47 Å². The quantitative estimate of drug-likeness (QED) is 0.517.